The van der Waals surface area contributed by atoms with Crippen molar-refractivity contribution in [2.45, 2.75) is 38.1 Å². The maximum atomic E-state index is 12.3. The average Bonchev–Trinajstić information content (AvgIpc) is 3.19. The molecule has 1 saturated carbocycles. The minimum Gasteiger partial charge on any atom is -0.313 e. The van der Waals surface area contributed by atoms with E-state index < -0.39 is 10.0 Å². The number of sulfonamides is 1. The van der Waals surface area contributed by atoms with Gasteiger partial charge in [-0.25, -0.2) is 13.1 Å². The second-order valence-electron chi connectivity index (χ2n) is 5.18. The molecule has 1 aromatic carbocycles. The van der Waals surface area contributed by atoms with Gasteiger partial charge in [0.2, 0.25) is 10.0 Å². The smallest absolute Gasteiger partial charge is 0.240 e. The summed E-state index contributed by atoms with van der Waals surface area (Å²) in [7, 11) is -3.37. The van der Waals surface area contributed by atoms with E-state index in [4.69, 9.17) is 0 Å². The molecule has 4 nitrogen and oxygen atoms in total. The topological polar surface area (TPSA) is 58.2 Å². The van der Waals surface area contributed by atoms with Gasteiger partial charge in [0.05, 0.1) is 4.90 Å². The monoisotopic (exact) mass is 282 g/mol. The van der Waals surface area contributed by atoms with E-state index in [9.17, 15) is 8.42 Å². The van der Waals surface area contributed by atoms with Crippen molar-refractivity contribution in [2.24, 2.45) is 5.92 Å². The number of hydrogen-bond acceptors (Lipinski definition) is 3. The number of nitrogens with one attached hydrogen (secondary N) is 2. The summed E-state index contributed by atoms with van der Waals surface area (Å²) < 4.78 is 27.3. The molecule has 0 aromatic heterocycles. The molecule has 0 saturated heterocycles. The molecule has 19 heavy (non-hydrogen) atoms. The van der Waals surface area contributed by atoms with Gasteiger partial charge in [0.15, 0.2) is 0 Å². The third-order valence-electron chi connectivity index (χ3n) is 3.38. The fourth-order valence-electron chi connectivity index (χ4n) is 1.94. The second-order valence-corrected chi connectivity index (χ2v) is 6.91. The maximum absolute atomic E-state index is 12.3. The minimum absolute atomic E-state index is 0.406. The first-order chi connectivity index (χ1) is 9.03. The van der Waals surface area contributed by atoms with Crippen molar-refractivity contribution >= 4 is 10.0 Å². The lowest BCUT2D eigenvalue weighted by Crippen LogP contribution is -2.26. The molecule has 0 radical (unpaired) electrons. The van der Waals surface area contributed by atoms with Crippen LogP contribution in [-0.2, 0) is 16.6 Å². The molecule has 1 aromatic rings. The fourth-order valence-corrected chi connectivity index (χ4v) is 3.35. The SMILES string of the molecule is CCNCc1ccc(C)c(S(=O)(=O)NCC2CC2)c1. The standard InChI is InChI=1S/C14H22N2O2S/c1-3-15-9-13-5-4-11(2)14(8-13)19(17,18)16-10-12-6-7-12/h4-5,8,12,15-16H,3,6-7,9-10H2,1-2H3. The molecule has 0 atom stereocenters. The van der Waals surface area contributed by atoms with Crippen LogP contribution >= 0.6 is 0 Å². The molecule has 1 aliphatic carbocycles. The summed E-state index contributed by atoms with van der Waals surface area (Å²) in [5.74, 6) is 0.542. The van der Waals surface area contributed by atoms with Crippen molar-refractivity contribution in [1.82, 2.24) is 10.0 Å². The molecule has 0 spiro atoms. The summed E-state index contributed by atoms with van der Waals surface area (Å²) in [5, 5.41) is 3.21. The lowest BCUT2D eigenvalue weighted by atomic mass is 10.1. The van der Waals surface area contributed by atoms with Crippen molar-refractivity contribution in [2.75, 3.05) is 13.1 Å². The van der Waals surface area contributed by atoms with Crippen molar-refractivity contribution in [1.29, 1.82) is 0 Å². The van der Waals surface area contributed by atoms with E-state index in [1.54, 1.807) is 6.07 Å². The highest BCUT2D eigenvalue weighted by Gasteiger charge is 2.25. The predicted molar refractivity (Wildman–Crippen MR) is 76.5 cm³/mol. The number of aryl methyl sites for hydroxylation is 1. The molecule has 0 heterocycles. The molecule has 2 N–H and O–H groups in total. The quantitative estimate of drug-likeness (QED) is 0.801. The van der Waals surface area contributed by atoms with Gasteiger partial charge in [-0.1, -0.05) is 19.1 Å². The minimum atomic E-state index is -3.37. The van der Waals surface area contributed by atoms with E-state index in [1.165, 1.54) is 0 Å². The van der Waals surface area contributed by atoms with Crippen molar-refractivity contribution in [3.8, 4) is 0 Å². The van der Waals surface area contributed by atoms with E-state index >= 15 is 0 Å². The van der Waals surface area contributed by atoms with Gasteiger partial charge >= 0.3 is 0 Å². The first-order valence-corrected chi connectivity index (χ1v) is 8.31. The highest BCUT2D eigenvalue weighted by molar-refractivity contribution is 7.89. The Balaban J connectivity index is 2.15. The highest BCUT2D eigenvalue weighted by Crippen LogP contribution is 2.28. The first kappa shape index (κ1) is 14.5. The van der Waals surface area contributed by atoms with E-state index in [0.29, 0.717) is 23.9 Å². The van der Waals surface area contributed by atoms with Crippen LogP contribution in [0.3, 0.4) is 0 Å². The third kappa shape index (κ3) is 4.03. The van der Waals surface area contributed by atoms with Crippen LogP contribution in [0.4, 0.5) is 0 Å². The normalized spacial score (nSPS) is 15.7. The van der Waals surface area contributed by atoms with Crippen molar-refractivity contribution in [3.63, 3.8) is 0 Å². The van der Waals surface area contributed by atoms with Crippen LogP contribution < -0.4 is 10.0 Å². The fraction of sp³-hybridized carbons (Fsp3) is 0.571. The summed E-state index contributed by atoms with van der Waals surface area (Å²) in [6.07, 6.45) is 2.28. The zero-order chi connectivity index (χ0) is 13.9. The Morgan fingerprint density at radius 3 is 2.68 bits per heavy atom. The van der Waals surface area contributed by atoms with E-state index in [0.717, 1.165) is 30.5 Å². The molecule has 106 valence electrons. The molecular formula is C14H22N2O2S. The van der Waals surface area contributed by atoms with E-state index in [-0.39, 0.29) is 0 Å². The largest absolute Gasteiger partial charge is 0.313 e. The van der Waals surface area contributed by atoms with E-state index in [2.05, 4.69) is 10.0 Å². The molecule has 0 amide bonds. The Morgan fingerprint density at radius 2 is 2.05 bits per heavy atom. The molecule has 2 rings (SSSR count). The lowest BCUT2D eigenvalue weighted by Gasteiger charge is -2.11. The Bertz CT molecular complexity index is 536. The van der Waals surface area contributed by atoms with Gasteiger partial charge in [-0.2, -0.15) is 0 Å². The van der Waals surface area contributed by atoms with Crippen LogP contribution in [0.1, 0.15) is 30.9 Å². The summed E-state index contributed by atoms with van der Waals surface area (Å²) >= 11 is 0. The molecule has 0 unspecified atom stereocenters. The van der Waals surface area contributed by atoms with Gasteiger partial charge in [0.25, 0.3) is 0 Å². The van der Waals surface area contributed by atoms with Crippen LogP contribution in [0, 0.1) is 12.8 Å². The van der Waals surface area contributed by atoms with Crippen LogP contribution in [0.15, 0.2) is 23.1 Å². The van der Waals surface area contributed by atoms with Gasteiger partial charge in [-0.05, 0) is 49.4 Å². The third-order valence-corrected chi connectivity index (χ3v) is 4.95. The molecule has 0 aliphatic heterocycles. The van der Waals surface area contributed by atoms with Crippen LogP contribution in [0.25, 0.3) is 0 Å². The average molecular weight is 282 g/mol. The van der Waals surface area contributed by atoms with Gasteiger partial charge in [0.1, 0.15) is 0 Å². The lowest BCUT2D eigenvalue weighted by molar-refractivity contribution is 0.576. The maximum Gasteiger partial charge on any atom is 0.240 e. The molecule has 1 fully saturated rings. The Morgan fingerprint density at radius 1 is 1.32 bits per heavy atom. The summed E-state index contributed by atoms with van der Waals surface area (Å²) in [6.45, 7) is 6.00. The van der Waals surface area contributed by atoms with Crippen molar-refractivity contribution < 1.29 is 8.42 Å². The molecule has 0 bridgehead atoms. The number of rotatable bonds is 7. The zero-order valence-electron chi connectivity index (χ0n) is 11.6. The first-order valence-electron chi connectivity index (χ1n) is 6.83. The van der Waals surface area contributed by atoms with Gasteiger partial charge < -0.3 is 5.32 Å². The van der Waals surface area contributed by atoms with Gasteiger partial charge in [-0.3, -0.25) is 0 Å². The summed E-state index contributed by atoms with van der Waals surface area (Å²) in [4.78, 5) is 0.406. The van der Waals surface area contributed by atoms with Crippen LogP contribution in [0.5, 0.6) is 0 Å². The van der Waals surface area contributed by atoms with Crippen LogP contribution in [0.2, 0.25) is 0 Å². The summed E-state index contributed by atoms with van der Waals surface area (Å²) in [6, 6.07) is 5.61. The number of benzene rings is 1. The van der Waals surface area contributed by atoms with Crippen LogP contribution in [-0.4, -0.2) is 21.5 Å². The van der Waals surface area contributed by atoms with Crippen molar-refractivity contribution in [3.05, 3.63) is 29.3 Å². The highest BCUT2D eigenvalue weighted by atomic mass is 32.2. The Labute approximate surface area is 115 Å². The summed E-state index contributed by atoms with van der Waals surface area (Å²) in [5.41, 5.74) is 1.79. The van der Waals surface area contributed by atoms with Gasteiger partial charge in [0, 0.05) is 13.1 Å². The molecule has 1 aliphatic rings. The Kier molecular flexibility index (Phi) is 4.60. The van der Waals surface area contributed by atoms with Gasteiger partial charge in [-0.15, -0.1) is 0 Å². The Hall–Kier alpha value is -0.910. The number of hydrogen-bond donors (Lipinski definition) is 2. The zero-order valence-corrected chi connectivity index (χ0v) is 12.4. The van der Waals surface area contributed by atoms with E-state index in [1.807, 2.05) is 26.0 Å². The predicted octanol–water partition coefficient (Wildman–Crippen LogP) is 1.79. The second kappa shape index (κ2) is 6.03. The molecule has 5 heteroatoms. The molecular weight excluding hydrogens is 260 g/mol.